The Morgan fingerprint density at radius 2 is 1.93 bits per heavy atom. The third-order valence-electron chi connectivity index (χ3n) is 5.19. The number of ether oxygens (including phenoxy) is 1. The predicted molar refractivity (Wildman–Crippen MR) is 129 cm³/mol. The summed E-state index contributed by atoms with van der Waals surface area (Å²) in [5.74, 6) is 0.588. The van der Waals surface area contributed by atoms with Crippen molar-refractivity contribution in [3.63, 3.8) is 0 Å². The monoisotopic (exact) mass is 520 g/mol. The van der Waals surface area contributed by atoms with Crippen LogP contribution in [-0.2, 0) is 11.3 Å². The Hall–Kier alpha value is -2.26. The number of para-hydroxylation sites is 1. The molecule has 1 fully saturated rings. The number of hydrogen-bond donors (Lipinski definition) is 1. The number of benzene rings is 2. The van der Waals surface area contributed by atoms with Crippen molar-refractivity contribution in [1.82, 2.24) is 15.2 Å². The van der Waals surface area contributed by atoms with Crippen LogP contribution in [0.3, 0.4) is 0 Å². The van der Waals surface area contributed by atoms with Gasteiger partial charge in [-0.25, -0.2) is 4.39 Å². The molecule has 1 N–H and O–H groups in total. The molecule has 1 aliphatic rings. The summed E-state index contributed by atoms with van der Waals surface area (Å²) in [5.41, 5.74) is 3.13. The minimum Gasteiger partial charge on any atom is -0.367 e. The van der Waals surface area contributed by atoms with Crippen molar-refractivity contribution in [2.75, 3.05) is 20.1 Å². The molecule has 0 bridgehead atoms. The molecule has 0 radical (unpaired) electrons. The highest BCUT2D eigenvalue weighted by Gasteiger charge is 2.28. The SMILES string of the molecule is CN=C(NCc1ccnc2ccccc12)N1CC(C)OC(c2ccc(F)cc2)C1.I. The van der Waals surface area contributed by atoms with Gasteiger partial charge < -0.3 is 15.0 Å². The quantitative estimate of drug-likeness (QED) is 0.314. The minimum absolute atomic E-state index is 0. The molecule has 0 amide bonds. The van der Waals surface area contributed by atoms with Crippen LogP contribution >= 0.6 is 24.0 Å². The number of aromatic nitrogens is 1. The summed E-state index contributed by atoms with van der Waals surface area (Å²) >= 11 is 0. The van der Waals surface area contributed by atoms with E-state index in [1.165, 1.54) is 17.7 Å². The van der Waals surface area contributed by atoms with E-state index in [0.29, 0.717) is 13.1 Å². The van der Waals surface area contributed by atoms with Crippen LogP contribution in [0.1, 0.15) is 24.2 Å². The van der Waals surface area contributed by atoms with E-state index in [-0.39, 0.29) is 42.0 Å². The van der Waals surface area contributed by atoms with E-state index in [4.69, 9.17) is 4.74 Å². The van der Waals surface area contributed by atoms with Crippen molar-refractivity contribution in [3.8, 4) is 0 Å². The normalized spacial score (nSPS) is 19.4. The number of aliphatic imine (C=N–C) groups is 1. The second kappa shape index (κ2) is 10.2. The van der Waals surface area contributed by atoms with Crippen LogP contribution in [0, 0.1) is 5.82 Å². The van der Waals surface area contributed by atoms with E-state index < -0.39 is 0 Å². The first kappa shape index (κ1) is 22.4. The molecule has 0 saturated carbocycles. The summed E-state index contributed by atoms with van der Waals surface area (Å²) in [6.07, 6.45) is 1.75. The number of nitrogens with one attached hydrogen (secondary N) is 1. The summed E-state index contributed by atoms with van der Waals surface area (Å²) in [6.45, 7) is 4.11. The van der Waals surface area contributed by atoms with Gasteiger partial charge >= 0.3 is 0 Å². The lowest BCUT2D eigenvalue weighted by Crippen LogP contribution is -2.50. The standard InChI is InChI=1S/C23H25FN4O.HI/c1-16-14-28(15-22(29-16)17-7-9-19(24)10-8-17)23(25-2)27-13-18-11-12-26-21-6-4-3-5-20(18)21;/h3-12,16,22H,13-15H2,1-2H3,(H,25,27);1H. The van der Waals surface area contributed by atoms with Crippen LogP contribution in [0.25, 0.3) is 10.9 Å². The third-order valence-corrected chi connectivity index (χ3v) is 5.19. The summed E-state index contributed by atoms with van der Waals surface area (Å²) in [5, 5.41) is 4.62. The van der Waals surface area contributed by atoms with Gasteiger partial charge in [-0.3, -0.25) is 9.98 Å². The molecule has 1 aromatic heterocycles. The van der Waals surface area contributed by atoms with Crippen molar-refractivity contribution in [2.24, 2.45) is 4.99 Å². The lowest BCUT2D eigenvalue weighted by Gasteiger charge is -2.38. The number of hydrogen-bond acceptors (Lipinski definition) is 3. The van der Waals surface area contributed by atoms with Crippen LogP contribution in [-0.4, -0.2) is 42.1 Å². The molecule has 5 nitrogen and oxygen atoms in total. The fraction of sp³-hybridized carbons (Fsp3) is 0.304. The van der Waals surface area contributed by atoms with Gasteiger partial charge in [0, 0.05) is 31.7 Å². The van der Waals surface area contributed by atoms with Crippen molar-refractivity contribution >= 4 is 40.8 Å². The van der Waals surface area contributed by atoms with E-state index >= 15 is 0 Å². The number of guanidine groups is 1. The summed E-state index contributed by atoms with van der Waals surface area (Å²) in [7, 11) is 1.79. The first-order chi connectivity index (χ1) is 14.1. The molecule has 0 spiro atoms. The van der Waals surface area contributed by atoms with Crippen molar-refractivity contribution < 1.29 is 9.13 Å². The highest BCUT2D eigenvalue weighted by Crippen LogP contribution is 2.25. The Balaban J connectivity index is 0.00000256. The van der Waals surface area contributed by atoms with Gasteiger partial charge in [0.15, 0.2) is 5.96 Å². The summed E-state index contributed by atoms with van der Waals surface area (Å²) in [6, 6.07) is 16.7. The molecule has 3 aromatic rings. The average molecular weight is 520 g/mol. The minimum atomic E-state index is -0.239. The van der Waals surface area contributed by atoms with Gasteiger partial charge in [-0.15, -0.1) is 24.0 Å². The third kappa shape index (κ3) is 5.07. The molecule has 1 aliphatic heterocycles. The Kier molecular flexibility index (Phi) is 7.60. The van der Waals surface area contributed by atoms with E-state index in [2.05, 4.69) is 26.3 Å². The van der Waals surface area contributed by atoms with Gasteiger partial charge in [0.05, 0.1) is 18.2 Å². The smallest absolute Gasteiger partial charge is 0.194 e. The zero-order valence-corrected chi connectivity index (χ0v) is 19.4. The van der Waals surface area contributed by atoms with E-state index in [1.807, 2.05) is 37.4 Å². The largest absolute Gasteiger partial charge is 0.367 e. The fourth-order valence-electron chi connectivity index (χ4n) is 3.80. The van der Waals surface area contributed by atoms with Gasteiger partial charge in [-0.05, 0) is 42.3 Å². The second-order valence-corrected chi connectivity index (χ2v) is 7.28. The van der Waals surface area contributed by atoms with Crippen LogP contribution in [0.15, 0.2) is 65.8 Å². The summed E-state index contributed by atoms with van der Waals surface area (Å²) in [4.78, 5) is 11.1. The van der Waals surface area contributed by atoms with Gasteiger partial charge in [0.1, 0.15) is 11.9 Å². The molecule has 2 heterocycles. The topological polar surface area (TPSA) is 49.8 Å². The van der Waals surface area contributed by atoms with Crippen LogP contribution in [0.5, 0.6) is 0 Å². The Labute approximate surface area is 193 Å². The molecule has 4 rings (SSSR count). The zero-order chi connectivity index (χ0) is 20.2. The molecule has 2 atom stereocenters. The number of fused-ring (bicyclic) bond motifs is 1. The van der Waals surface area contributed by atoms with Crippen LogP contribution in [0.2, 0.25) is 0 Å². The molecular formula is C23H26FIN4O. The Bertz CT molecular complexity index is 1010. The predicted octanol–water partition coefficient (Wildman–Crippen LogP) is 4.53. The second-order valence-electron chi connectivity index (χ2n) is 7.28. The maximum absolute atomic E-state index is 13.3. The number of nitrogens with zero attached hydrogens (tertiary/aromatic N) is 3. The van der Waals surface area contributed by atoms with Crippen molar-refractivity contribution in [2.45, 2.75) is 25.7 Å². The van der Waals surface area contributed by atoms with Crippen LogP contribution in [0.4, 0.5) is 4.39 Å². The maximum atomic E-state index is 13.3. The lowest BCUT2D eigenvalue weighted by atomic mass is 10.1. The number of rotatable bonds is 3. The van der Waals surface area contributed by atoms with E-state index in [9.17, 15) is 4.39 Å². The van der Waals surface area contributed by atoms with Gasteiger partial charge in [0.25, 0.3) is 0 Å². The molecule has 7 heteroatoms. The van der Waals surface area contributed by atoms with Gasteiger partial charge in [-0.1, -0.05) is 30.3 Å². The fourth-order valence-corrected chi connectivity index (χ4v) is 3.80. The van der Waals surface area contributed by atoms with E-state index in [1.54, 1.807) is 19.2 Å². The average Bonchev–Trinajstić information content (AvgIpc) is 2.74. The first-order valence-corrected chi connectivity index (χ1v) is 9.83. The number of halogens is 2. The molecule has 30 heavy (non-hydrogen) atoms. The molecule has 1 saturated heterocycles. The molecule has 2 aromatic carbocycles. The molecule has 158 valence electrons. The highest BCUT2D eigenvalue weighted by atomic mass is 127. The van der Waals surface area contributed by atoms with Gasteiger partial charge in [-0.2, -0.15) is 0 Å². The molecular weight excluding hydrogens is 494 g/mol. The lowest BCUT2D eigenvalue weighted by molar-refractivity contribution is -0.0605. The number of pyridine rings is 1. The maximum Gasteiger partial charge on any atom is 0.194 e. The highest BCUT2D eigenvalue weighted by molar-refractivity contribution is 14.0. The van der Waals surface area contributed by atoms with Gasteiger partial charge in [0.2, 0.25) is 0 Å². The van der Waals surface area contributed by atoms with Crippen molar-refractivity contribution in [3.05, 3.63) is 77.7 Å². The van der Waals surface area contributed by atoms with E-state index in [0.717, 1.165) is 29.0 Å². The summed E-state index contributed by atoms with van der Waals surface area (Å²) < 4.78 is 19.4. The zero-order valence-electron chi connectivity index (χ0n) is 17.1. The first-order valence-electron chi connectivity index (χ1n) is 9.83. The van der Waals surface area contributed by atoms with Crippen molar-refractivity contribution in [1.29, 1.82) is 0 Å². The Morgan fingerprint density at radius 3 is 2.70 bits per heavy atom. The molecule has 0 aliphatic carbocycles. The number of morpholine rings is 1. The Morgan fingerprint density at radius 1 is 1.17 bits per heavy atom. The molecule has 2 unspecified atom stereocenters. The van der Waals surface area contributed by atoms with Crippen LogP contribution < -0.4 is 5.32 Å².